The van der Waals surface area contributed by atoms with Gasteiger partial charge in [0.1, 0.15) is 5.69 Å². The molecule has 1 amide bonds. The lowest BCUT2D eigenvalue weighted by atomic mass is 10.1. The average Bonchev–Trinajstić information content (AvgIpc) is 3.23. The van der Waals surface area contributed by atoms with Gasteiger partial charge in [-0.2, -0.15) is 0 Å². The fourth-order valence-electron chi connectivity index (χ4n) is 4.12. The molecule has 5 nitrogen and oxygen atoms in total. The van der Waals surface area contributed by atoms with Crippen molar-refractivity contribution in [2.75, 3.05) is 0 Å². The van der Waals surface area contributed by atoms with Gasteiger partial charge in [0.05, 0.1) is 17.6 Å². The first kappa shape index (κ1) is 19.4. The highest BCUT2D eigenvalue weighted by molar-refractivity contribution is 5.77. The number of aryl methyl sites for hydroxylation is 2. The van der Waals surface area contributed by atoms with Gasteiger partial charge in [-0.25, -0.2) is 4.98 Å². The molecule has 1 aromatic heterocycles. The third-order valence-corrected chi connectivity index (χ3v) is 5.82. The van der Waals surface area contributed by atoms with Gasteiger partial charge < -0.3 is 9.88 Å². The van der Waals surface area contributed by atoms with Crippen molar-refractivity contribution >= 4 is 16.9 Å². The van der Waals surface area contributed by atoms with Gasteiger partial charge in [0.15, 0.2) is 0 Å². The highest BCUT2D eigenvalue weighted by Crippen LogP contribution is 2.18. The quantitative estimate of drug-likeness (QED) is 0.698. The molecule has 0 aliphatic heterocycles. The fourth-order valence-corrected chi connectivity index (χ4v) is 4.12. The molecule has 3 aromatic rings. The first-order valence-electron chi connectivity index (χ1n) is 10.4. The van der Waals surface area contributed by atoms with Crippen molar-refractivity contribution in [3.8, 4) is 0 Å². The molecule has 0 radical (unpaired) electrons. The van der Waals surface area contributed by atoms with Crippen LogP contribution in [0.25, 0.3) is 11.0 Å². The summed E-state index contributed by atoms with van der Waals surface area (Å²) in [6.45, 7) is 2.55. The Morgan fingerprint density at radius 1 is 1.10 bits per heavy atom. The molecule has 1 saturated carbocycles. The number of nitrogens with one attached hydrogen (secondary N) is 1. The van der Waals surface area contributed by atoms with Gasteiger partial charge >= 0.3 is 0 Å². The number of hydrogen-bond donors (Lipinski definition) is 1. The molecule has 0 bridgehead atoms. The van der Waals surface area contributed by atoms with Gasteiger partial charge in [-0.1, -0.05) is 49.2 Å². The lowest BCUT2D eigenvalue weighted by Crippen LogP contribution is -2.33. The minimum Gasteiger partial charge on any atom is -0.353 e. The molecule has 1 aliphatic carbocycles. The van der Waals surface area contributed by atoms with Crippen LogP contribution >= 0.6 is 0 Å². The van der Waals surface area contributed by atoms with Crippen molar-refractivity contribution in [2.45, 2.75) is 58.0 Å². The van der Waals surface area contributed by atoms with Gasteiger partial charge in [-0.3, -0.25) is 9.59 Å². The summed E-state index contributed by atoms with van der Waals surface area (Å²) in [5.74, 6) is 0.0108. The van der Waals surface area contributed by atoms with E-state index < -0.39 is 0 Å². The van der Waals surface area contributed by atoms with Gasteiger partial charge in [-0.15, -0.1) is 0 Å². The molecule has 1 N–H and O–H groups in total. The Bertz CT molecular complexity index is 1080. The smallest absolute Gasteiger partial charge is 0.273 e. The Morgan fingerprint density at radius 3 is 2.62 bits per heavy atom. The summed E-state index contributed by atoms with van der Waals surface area (Å²) in [5, 5.41) is 3.09. The molecule has 4 rings (SSSR count). The molecule has 1 fully saturated rings. The molecule has 0 spiro atoms. The summed E-state index contributed by atoms with van der Waals surface area (Å²) < 4.78 is 1.79. The zero-order valence-corrected chi connectivity index (χ0v) is 16.9. The monoisotopic (exact) mass is 389 g/mol. The van der Waals surface area contributed by atoms with E-state index in [-0.39, 0.29) is 11.5 Å². The second kappa shape index (κ2) is 8.60. The van der Waals surface area contributed by atoms with E-state index in [0.29, 0.717) is 31.1 Å². The van der Waals surface area contributed by atoms with Crippen molar-refractivity contribution in [2.24, 2.45) is 0 Å². The second-order valence-electron chi connectivity index (χ2n) is 7.91. The molecule has 5 heteroatoms. The maximum atomic E-state index is 13.2. The number of aromatic nitrogens is 2. The van der Waals surface area contributed by atoms with E-state index in [1.54, 1.807) is 4.57 Å². The molecular weight excluding hydrogens is 362 g/mol. The summed E-state index contributed by atoms with van der Waals surface area (Å²) in [6.07, 6.45) is 5.13. The van der Waals surface area contributed by atoms with Crippen LogP contribution in [0.5, 0.6) is 0 Å². The predicted octanol–water partition coefficient (Wildman–Crippen LogP) is 3.74. The number of hydrogen-bond acceptors (Lipinski definition) is 3. The minimum absolute atomic E-state index is 0.0108. The summed E-state index contributed by atoms with van der Waals surface area (Å²) in [4.78, 5) is 30.1. The van der Waals surface area contributed by atoms with Crippen LogP contribution in [-0.2, 0) is 17.8 Å². The van der Waals surface area contributed by atoms with E-state index in [0.717, 1.165) is 35.0 Å². The Balaban J connectivity index is 1.61. The molecule has 2 aromatic carbocycles. The topological polar surface area (TPSA) is 64.0 Å². The first-order valence-corrected chi connectivity index (χ1v) is 10.4. The summed E-state index contributed by atoms with van der Waals surface area (Å²) in [6, 6.07) is 16.1. The Hall–Kier alpha value is -2.95. The van der Waals surface area contributed by atoms with Crippen LogP contribution in [0.2, 0.25) is 0 Å². The van der Waals surface area contributed by atoms with Crippen molar-refractivity contribution in [1.82, 2.24) is 14.9 Å². The summed E-state index contributed by atoms with van der Waals surface area (Å²) >= 11 is 0. The van der Waals surface area contributed by atoms with E-state index in [4.69, 9.17) is 0 Å². The number of rotatable bonds is 6. The lowest BCUT2D eigenvalue weighted by molar-refractivity contribution is -0.121. The molecule has 150 valence electrons. The van der Waals surface area contributed by atoms with Crippen LogP contribution in [0.1, 0.15) is 48.9 Å². The zero-order valence-electron chi connectivity index (χ0n) is 16.9. The van der Waals surface area contributed by atoms with Crippen molar-refractivity contribution < 1.29 is 4.79 Å². The number of carbonyl (C=O) groups excluding carboxylic acids is 1. The SMILES string of the molecule is Cc1ccccc1Cn1c(=O)c(CCC(=O)NC2CCCC2)nc2ccccc21. The largest absolute Gasteiger partial charge is 0.353 e. The van der Waals surface area contributed by atoms with E-state index in [9.17, 15) is 9.59 Å². The summed E-state index contributed by atoms with van der Waals surface area (Å²) in [5.41, 5.74) is 4.21. The number of para-hydroxylation sites is 2. The number of amides is 1. The van der Waals surface area contributed by atoms with Gasteiger partial charge in [0.25, 0.3) is 5.56 Å². The fraction of sp³-hybridized carbons (Fsp3) is 0.375. The van der Waals surface area contributed by atoms with Crippen molar-refractivity contribution in [3.05, 3.63) is 75.7 Å². The molecule has 0 unspecified atom stereocenters. The molecule has 1 aliphatic rings. The second-order valence-corrected chi connectivity index (χ2v) is 7.91. The first-order chi connectivity index (χ1) is 14.1. The number of fused-ring (bicyclic) bond motifs is 1. The van der Waals surface area contributed by atoms with Crippen LogP contribution in [0.15, 0.2) is 53.3 Å². The maximum absolute atomic E-state index is 13.2. The van der Waals surface area contributed by atoms with Crippen molar-refractivity contribution in [3.63, 3.8) is 0 Å². The normalized spacial score (nSPS) is 14.4. The zero-order chi connectivity index (χ0) is 20.2. The molecular formula is C24H27N3O2. The number of nitrogens with zero attached hydrogens (tertiary/aromatic N) is 2. The van der Waals surface area contributed by atoms with Gasteiger partial charge in [0, 0.05) is 18.9 Å². The Morgan fingerprint density at radius 2 is 1.83 bits per heavy atom. The van der Waals surface area contributed by atoms with Crippen LogP contribution in [0, 0.1) is 6.92 Å². The molecule has 0 atom stereocenters. The number of carbonyl (C=O) groups is 1. The van der Waals surface area contributed by atoms with Crippen LogP contribution < -0.4 is 10.9 Å². The van der Waals surface area contributed by atoms with Crippen molar-refractivity contribution in [1.29, 1.82) is 0 Å². The third kappa shape index (κ3) is 4.39. The number of benzene rings is 2. The standard InChI is InChI=1S/C24H27N3O2/c1-17-8-2-3-9-18(17)16-27-22-13-7-6-12-20(22)26-21(24(27)29)14-15-23(28)25-19-10-4-5-11-19/h2-3,6-9,12-13,19H,4-5,10-11,14-16H2,1H3,(H,25,28). The van der Waals surface area contributed by atoms with E-state index in [2.05, 4.69) is 23.3 Å². The molecule has 29 heavy (non-hydrogen) atoms. The van der Waals surface area contributed by atoms with Crippen LogP contribution in [0.4, 0.5) is 0 Å². The van der Waals surface area contributed by atoms with Gasteiger partial charge in [-0.05, 0) is 43.0 Å². The van der Waals surface area contributed by atoms with E-state index >= 15 is 0 Å². The van der Waals surface area contributed by atoms with Crippen LogP contribution in [0.3, 0.4) is 0 Å². The van der Waals surface area contributed by atoms with Gasteiger partial charge in [0.2, 0.25) is 5.91 Å². The highest BCUT2D eigenvalue weighted by Gasteiger charge is 2.18. The molecule has 1 heterocycles. The van der Waals surface area contributed by atoms with Crippen LogP contribution in [-0.4, -0.2) is 21.5 Å². The van der Waals surface area contributed by atoms with E-state index in [1.807, 2.05) is 42.5 Å². The summed E-state index contributed by atoms with van der Waals surface area (Å²) in [7, 11) is 0. The molecule has 0 saturated heterocycles. The Kier molecular flexibility index (Phi) is 5.74. The van der Waals surface area contributed by atoms with E-state index in [1.165, 1.54) is 12.8 Å². The maximum Gasteiger partial charge on any atom is 0.273 e. The average molecular weight is 389 g/mol. The predicted molar refractivity (Wildman–Crippen MR) is 115 cm³/mol. The minimum atomic E-state index is -0.111. The highest BCUT2D eigenvalue weighted by atomic mass is 16.1. The lowest BCUT2D eigenvalue weighted by Gasteiger charge is -2.14. The Labute approximate surface area is 170 Å². The third-order valence-electron chi connectivity index (χ3n) is 5.82.